The van der Waals surface area contributed by atoms with E-state index < -0.39 is 17.8 Å². The Balaban J connectivity index is 1.72. The van der Waals surface area contributed by atoms with Crippen LogP contribution in [0.1, 0.15) is 16.9 Å². The highest BCUT2D eigenvalue weighted by Crippen LogP contribution is 2.29. The van der Waals surface area contributed by atoms with Gasteiger partial charge in [0.25, 0.3) is 0 Å². The van der Waals surface area contributed by atoms with Crippen molar-refractivity contribution in [2.45, 2.75) is 25.4 Å². The average molecular weight is 343 g/mol. The molecule has 0 amide bonds. The number of likely N-dealkylation sites (N-methyl/N-ethyl adjacent to an activating group) is 1. The molecule has 4 nitrogen and oxygen atoms in total. The van der Waals surface area contributed by atoms with Crippen LogP contribution < -0.4 is 0 Å². The maximum absolute atomic E-state index is 12.5. The van der Waals surface area contributed by atoms with E-state index in [1.807, 2.05) is 4.90 Å². The molecule has 2 aromatic rings. The molecule has 0 saturated carbocycles. The molecular formula is C17H20F3NO3. The van der Waals surface area contributed by atoms with Crippen LogP contribution in [0.5, 0.6) is 0 Å². The predicted octanol–water partition coefficient (Wildman–Crippen LogP) is 3.31. The molecule has 0 fully saturated rings. The Hall–Kier alpha value is -1.83. The van der Waals surface area contributed by atoms with Crippen LogP contribution in [0.3, 0.4) is 0 Å². The number of aliphatic hydroxyl groups is 1. The zero-order chi connectivity index (χ0) is 17.6. The number of hydrogen-bond donors (Lipinski definition) is 1. The van der Waals surface area contributed by atoms with E-state index in [4.69, 9.17) is 9.15 Å². The lowest BCUT2D eigenvalue weighted by Crippen LogP contribution is -2.31. The first-order chi connectivity index (χ1) is 11.3. The maximum Gasteiger partial charge on any atom is 0.416 e. The third-order valence-electron chi connectivity index (χ3n) is 3.39. The fourth-order valence-electron chi connectivity index (χ4n) is 2.28. The van der Waals surface area contributed by atoms with Crippen LogP contribution in [-0.4, -0.2) is 36.3 Å². The number of rotatable bonds is 8. The largest absolute Gasteiger partial charge is 0.467 e. The van der Waals surface area contributed by atoms with Gasteiger partial charge in [-0.2, -0.15) is 13.2 Å². The first-order valence-electron chi connectivity index (χ1n) is 7.47. The zero-order valence-electron chi connectivity index (χ0n) is 13.3. The smallest absolute Gasteiger partial charge is 0.416 e. The van der Waals surface area contributed by atoms with Gasteiger partial charge in [0.15, 0.2) is 0 Å². The van der Waals surface area contributed by atoms with E-state index in [0.29, 0.717) is 18.8 Å². The molecule has 0 aliphatic rings. The van der Waals surface area contributed by atoms with Crippen molar-refractivity contribution in [2.24, 2.45) is 0 Å². The molecule has 132 valence electrons. The van der Waals surface area contributed by atoms with Gasteiger partial charge in [-0.05, 0) is 36.9 Å². The minimum atomic E-state index is -4.33. The number of nitrogens with zero attached hydrogens (tertiary/aromatic N) is 1. The van der Waals surface area contributed by atoms with E-state index in [1.54, 1.807) is 25.4 Å². The van der Waals surface area contributed by atoms with Gasteiger partial charge in [0.1, 0.15) is 12.4 Å². The predicted molar refractivity (Wildman–Crippen MR) is 82.1 cm³/mol. The molecule has 7 heteroatoms. The fourth-order valence-corrected chi connectivity index (χ4v) is 2.28. The quantitative estimate of drug-likeness (QED) is 0.799. The highest BCUT2D eigenvalue weighted by molar-refractivity contribution is 5.24. The molecule has 0 saturated heterocycles. The highest BCUT2D eigenvalue weighted by atomic mass is 19.4. The Morgan fingerprint density at radius 1 is 1.21 bits per heavy atom. The van der Waals surface area contributed by atoms with Crippen LogP contribution in [0.25, 0.3) is 0 Å². The summed E-state index contributed by atoms with van der Waals surface area (Å²) in [5, 5.41) is 9.93. The summed E-state index contributed by atoms with van der Waals surface area (Å²) in [5.74, 6) is 0.681. The monoisotopic (exact) mass is 343 g/mol. The third-order valence-corrected chi connectivity index (χ3v) is 3.39. The van der Waals surface area contributed by atoms with E-state index in [1.165, 1.54) is 12.1 Å². The van der Waals surface area contributed by atoms with Crippen molar-refractivity contribution in [3.05, 3.63) is 59.5 Å². The summed E-state index contributed by atoms with van der Waals surface area (Å²) >= 11 is 0. The van der Waals surface area contributed by atoms with Gasteiger partial charge >= 0.3 is 6.18 Å². The molecule has 0 radical (unpaired) electrons. The summed E-state index contributed by atoms with van der Waals surface area (Å²) in [6, 6.07) is 8.55. The molecule has 0 bridgehead atoms. The summed E-state index contributed by atoms with van der Waals surface area (Å²) in [7, 11) is 1.79. The Morgan fingerprint density at radius 3 is 2.50 bits per heavy atom. The molecule has 1 aromatic carbocycles. The van der Waals surface area contributed by atoms with Crippen molar-refractivity contribution in [3.63, 3.8) is 0 Å². The van der Waals surface area contributed by atoms with Crippen molar-refractivity contribution in [3.8, 4) is 0 Å². The second-order valence-electron chi connectivity index (χ2n) is 5.64. The molecule has 1 N–H and O–H groups in total. The van der Waals surface area contributed by atoms with Gasteiger partial charge in [0, 0.05) is 13.1 Å². The van der Waals surface area contributed by atoms with E-state index in [9.17, 15) is 18.3 Å². The number of benzene rings is 1. The van der Waals surface area contributed by atoms with Crippen molar-refractivity contribution >= 4 is 0 Å². The van der Waals surface area contributed by atoms with Crippen LogP contribution in [0.15, 0.2) is 47.1 Å². The minimum Gasteiger partial charge on any atom is -0.467 e. The van der Waals surface area contributed by atoms with Crippen LogP contribution in [-0.2, 0) is 24.1 Å². The van der Waals surface area contributed by atoms with E-state index in [2.05, 4.69) is 0 Å². The van der Waals surface area contributed by atoms with Crippen LogP contribution in [0.4, 0.5) is 13.2 Å². The number of alkyl halides is 3. The zero-order valence-corrected chi connectivity index (χ0v) is 13.3. The number of ether oxygens (including phenoxy) is 1. The number of hydrogen-bond acceptors (Lipinski definition) is 4. The molecule has 2 rings (SSSR count). The lowest BCUT2D eigenvalue weighted by molar-refractivity contribution is -0.137. The average Bonchev–Trinajstić information content (AvgIpc) is 3.00. The molecule has 1 aromatic heterocycles. The Bertz CT molecular complexity index is 597. The molecule has 0 unspecified atom stereocenters. The second-order valence-corrected chi connectivity index (χ2v) is 5.64. The van der Waals surface area contributed by atoms with Gasteiger partial charge in [-0.3, -0.25) is 4.90 Å². The third kappa shape index (κ3) is 5.99. The maximum atomic E-state index is 12.5. The normalized spacial score (nSPS) is 13.4. The second kappa shape index (κ2) is 8.32. The minimum absolute atomic E-state index is 0.151. The molecule has 1 atom stereocenters. The first-order valence-corrected chi connectivity index (χ1v) is 7.47. The van der Waals surface area contributed by atoms with Crippen LogP contribution in [0.2, 0.25) is 0 Å². The Morgan fingerprint density at radius 2 is 1.92 bits per heavy atom. The summed E-state index contributed by atoms with van der Waals surface area (Å²) in [6.07, 6.45) is -3.47. The van der Waals surface area contributed by atoms with Crippen molar-refractivity contribution < 1.29 is 27.4 Å². The van der Waals surface area contributed by atoms with Gasteiger partial charge in [-0.15, -0.1) is 0 Å². The molecule has 1 heterocycles. The standard InChI is InChI=1S/C17H20F3NO3/c1-21(9-13-4-6-14(7-5-13)17(18,19)20)10-15(22)11-23-12-16-3-2-8-24-16/h2-8,15,22H,9-12H2,1H3/t15-/m0/s1. The SMILES string of the molecule is CN(Cc1ccc(C(F)(F)F)cc1)C[C@H](O)COCc1ccco1. The van der Waals surface area contributed by atoms with Gasteiger partial charge < -0.3 is 14.3 Å². The Kier molecular flexibility index (Phi) is 6.42. The van der Waals surface area contributed by atoms with Crippen molar-refractivity contribution in [1.82, 2.24) is 4.90 Å². The summed E-state index contributed by atoms with van der Waals surface area (Å²) < 4.78 is 48.0. The lowest BCUT2D eigenvalue weighted by Gasteiger charge is -2.20. The fraction of sp³-hybridized carbons (Fsp3) is 0.412. The van der Waals surface area contributed by atoms with Gasteiger partial charge in [0.05, 0.1) is 24.5 Å². The lowest BCUT2D eigenvalue weighted by atomic mass is 10.1. The summed E-state index contributed by atoms with van der Waals surface area (Å²) in [4.78, 5) is 1.82. The Labute approximate surface area is 138 Å². The van der Waals surface area contributed by atoms with Crippen molar-refractivity contribution in [1.29, 1.82) is 0 Å². The molecule has 0 spiro atoms. The van der Waals surface area contributed by atoms with E-state index in [0.717, 1.165) is 17.7 Å². The van der Waals surface area contributed by atoms with E-state index >= 15 is 0 Å². The number of aliphatic hydroxyl groups excluding tert-OH is 1. The highest BCUT2D eigenvalue weighted by Gasteiger charge is 2.29. The van der Waals surface area contributed by atoms with Gasteiger partial charge in [-0.1, -0.05) is 12.1 Å². The van der Waals surface area contributed by atoms with Gasteiger partial charge in [0.2, 0.25) is 0 Å². The van der Waals surface area contributed by atoms with Crippen LogP contribution >= 0.6 is 0 Å². The molecular weight excluding hydrogens is 323 g/mol. The topological polar surface area (TPSA) is 45.8 Å². The summed E-state index contributed by atoms with van der Waals surface area (Å²) in [6.45, 7) is 1.22. The van der Waals surface area contributed by atoms with Crippen LogP contribution in [0, 0.1) is 0 Å². The number of halogens is 3. The van der Waals surface area contributed by atoms with Crippen molar-refractivity contribution in [2.75, 3.05) is 20.2 Å². The molecule has 0 aliphatic carbocycles. The number of furan rings is 1. The molecule has 24 heavy (non-hydrogen) atoms. The molecule has 0 aliphatic heterocycles. The van der Waals surface area contributed by atoms with E-state index in [-0.39, 0.29) is 13.2 Å². The van der Waals surface area contributed by atoms with Gasteiger partial charge in [-0.25, -0.2) is 0 Å². The summed E-state index contributed by atoms with van der Waals surface area (Å²) in [5.41, 5.74) is 0.0782. The first kappa shape index (κ1) is 18.5.